The van der Waals surface area contributed by atoms with Gasteiger partial charge in [0.15, 0.2) is 11.0 Å². The fraction of sp³-hybridized carbons (Fsp3) is 0.286. The lowest BCUT2D eigenvalue weighted by atomic mass is 10.2. The summed E-state index contributed by atoms with van der Waals surface area (Å²) < 4.78 is 21.1. The highest BCUT2D eigenvalue weighted by atomic mass is 32.2. The molecule has 6 nitrogen and oxygen atoms in total. The van der Waals surface area contributed by atoms with Gasteiger partial charge in [-0.15, -0.1) is 10.2 Å². The van der Waals surface area contributed by atoms with E-state index >= 15 is 0 Å². The number of ether oxygens (including phenoxy) is 1. The van der Waals surface area contributed by atoms with Crippen molar-refractivity contribution in [3.63, 3.8) is 0 Å². The molecule has 3 aromatic rings. The Morgan fingerprint density at radius 3 is 2.83 bits per heavy atom. The zero-order chi connectivity index (χ0) is 20.1. The second-order valence-corrected chi connectivity index (χ2v) is 7.66. The van der Waals surface area contributed by atoms with Crippen molar-refractivity contribution in [1.29, 1.82) is 0 Å². The SMILES string of the molecule is O=C(CSc1nnc(-c2cccc(F)c2)n1-c1ccccc1)NCC1CCCO1. The number of amides is 1. The van der Waals surface area contributed by atoms with Crippen LogP contribution in [0.5, 0.6) is 0 Å². The highest BCUT2D eigenvalue weighted by Gasteiger charge is 2.19. The van der Waals surface area contributed by atoms with Gasteiger partial charge in [0.25, 0.3) is 0 Å². The number of para-hydroxylation sites is 1. The Bertz CT molecular complexity index is 974. The average Bonchev–Trinajstić information content (AvgIpc) is 3.41. The van der Waals surface area contributed by atoms with Crippen LogP contribution < -0.4 is 5.32 Å². The maximum atomic E-state index is 13.7. The van der Waals surface area contributed by atoms with Crippen LogP contribution in [0.3, 0.4) is 0 Å². The first kappa shape index (κ1) is 19.6. The number of hydrogen-bond acceptors (Lipinski definition) is 5. The molecular formula is C21H21FN4O2S. The molecule has 2 heterocycles. The Kier molecular flexibility index (Phi) is 6.21. The molecule has 150 valence electrons. The van der Waals surface area contributed by atoms with E-state index in [9.17, 15) is 9.18 Å². The summed E-state index contributed by atoms with van der Waals surface area (Å²) in [4.78, 5) is 12.2. The van der Waals surface area contributed by atoms with Crippen LogP contribution in [0.25, 0.3) is 17.1 Å². The summed E-state index contributed by atoms with van der Waals surface area (Å²) >= 11 is 1.29. The molecule has 1 N–H and O–H groups in total. The van der Waals surface area contributed by atoms with Crippen molar-refractivity contribution in [2.24, 2.45) is 0 Å². The Labute approximate surface area is 172 Å². The van der Waals surface area contributed by atoms with Gasteiger partial charge in [-0.05, 0) is 37.1 Å². The van der Waals surface area contributed by atoms with Crippen molar-refractivity contribution < 1.29 is 13.9 Å². The van der Waals surface area contributed by atoms with Gasteiger partial charge in [-0.3, -0.25) is 9.36 Å². The molecule has 0 radical (unpaired) electrons. The molecule has 0 saturated carbocycles. The summed E-state index contributed by atoms with van der Waals surface area (Å²) in [5.74, 6) is 0.312. The zero-order valence-corrected chi connectivity index (χ0v) is 16.6. The molecule has 1 aliphatic heterocycles. The molecule has 1 aliphatic rings. The number of thioether (sulfide) groups is 1. The predicted octanol–water partition coefficient (Wildman–Crippen LogP) is 3.46. The number of nitrogens with zero attached hydrogens (tertiary/aromatic N) is 3. The number of rotatable bonds is 7. The minimum Gasteiger partial charge on any atom is -0.376 e. The quantitative estimate of drug-likeness (QED) is 0.602. The number of aromatic nitrogens is 3. The second-order valence-electron chi connectivity index (χ2n) is 6.72. The van der Waals surface area contributed by atoms with E-state index < -0.39 is 0 Å². The van der Waals surface area contributed by atoms with E-state index in [0.717, 1.165) is 25.1 Å². The van der Waals surface area contributed by atoms with Crippen molar-refractivity contribution >= 4 is 17.7 Å². The molecule has 1 aromatic heterocycles. The van der Waals surface area contributed by atoms with Gasteiger partial charge >= 0.3 is 0 Å². The maximum absolute atomic E-state index is 13.7. The Balaban J connectivity index is 1.53. The van der Waals surface area contributed by atoms with Crippen LogP contribution in [0.1, 0.15) is 12.8 Å². The van der Waals surface area contributed by atoms with Crippen molar-refractivity contribution in [1.82, 2.24) is 20.1 Å². The molecule has 1 unspecified atom stereocenters. The predicted molar refractivity (Wildman–Crippen MR) is 109 cm³/mol. The van der Waals surface area contributed by atoms with E-state index in [2.05, 4.69) is 15.5 Å². The number of carbonyl (C=O) groups is 1. The number of hydrogen-bond donors (Lipinski definition) is 1. The summed E-state index contributed by atoms with van der Waals surface area (Å²) in [5, 5.41) is 12.0. The lowest BCUT2D eigenvalue weighted by molar-refractivity contribution is -0.119. The average molecular weight is 412 g/mol. The first-order valence-electron chi connectivity index (χ1n) is 9.48. The molecule has 1 fully saturated rings. The summed E-state index contributed by atoms with van der Waals surface area (Å²) in [6.45, 7) is 1.29. The monoisotopic (exact) mass is 412 g/mol. The van der Waals surface area contributed by atoms with E-state index in [1.165, 1.54) is 23.9 Å². The van der Waals surface area contributed by atoms with Crippen molar-refractivity contribution in [3.8, 4) is 17.1 Å². The molecule has 0 spiro atoms. The molecule has 29 heavy (non-hydrogen) atoms. The van der Waals surface area contributed by atoms with E-state index in [0.29, 0.717) is 23.1 Å². The third-order valence-electron chi connectivity index (χ3n) is 4.61. The zero-order valence-electron chi connectivity index (χ0n) is 15.8. The second kappa shape index (κ2) is 9.19. The molecule has 0 aliphatic carbocycles. The van der Waals surface area contributed by atoms with Gasteiger partial charge in [-0.25, -0.2) is 4.39 Å². The van der Waals surface area contributed by atoms with Crippen LogP contribution in [0.4, 0.5) is 4.39 Å². The molecule has 1 amide bonds. The molecular weight excluding hydrogens is 391 g/mol. The van der Waals surface area contributed by atoms with Crippen molar-refractivity contribution in [2.75, 3.05) is 18.9 Å². The van der Waals surface area contributed by atoms with Crippen LogP contribution in [0.15, 0.2) is 59.8 Å². The fourth-order valence-electron chi connectivity index (χ4n) is 3.20. The summed E-state index contributed by atoms with van der Waals surface area (Å²) in [5.41, 5.74) is 1.47. The first-order valence-corrected chi connectivity index (χ1v) is 10.5. The molecule has 2 aromatic carbocycles. The third kappa shape index (κ3) is 4.83. The van der Waals surface area contributed by atoms with Crippen LogP contribution in [0.2, 0.25) is 0 Å². The summed E-state index contributed by atoms with van der Waals surface area (Å²) in [7, 11) is 0. The van der Waals surface area contributed by atoms with Crippen LogP contribution >= 0.6 is 11.8 Å². The number of carbonyl (C=O) groups excluding carboxylic acids is 1. The Morgan fingerprint density at radius 2 is 2.07 bits per heavy atom. The van der Waals surface area contributed by atoms with Gasteiger partial charge in [-0.2, -0.15) is 0 Å². The largest absolute Gasteiger partial charge is 0.376 e. The van der Waals surface area contributed by atoms with Gasteiger partial charge in [0.2, 0.25) is 5.91 Å². The fourth-order valence-corrected chi connectivity index (χ4v) is 3.98. The minimum atomic E-state index is -0.340. The molecule has 0 bridgehead atoms. The van der Waals surface area contributed by atoms with E-state index in [1.807, 2.05) is 34.9 Å². The number of nitrogens with one attached hydrogen (secondary N) is 1. The normalized spacial score (nSPS) is 16.1. The van der Waals surface area contributed by atoms with Gasteiger partial charge in [0, 0.05) is 24.4 Å². The topological polar surface area (TPSA) is 69.0 Å². The minimum absolute atomic E-state index is 0.0829. The summed E-state index contributed by atoms with van der Waals surface area (Å²) in [6.07, 6.45) is 2.13. The number of halogens is 1. The van der Waals surface area contributed by atoms with E-state index in [-0.39, 0.29) is 23.6 Å². The van der Waals surface area contributed by atoms with Crippen molar-refractivity contribution in [2.45, 2.75) is 24.1 Å². The van der Waals surface area contributed by atoms with Crippen LogP contribution in [0, 0.1) is 5.82 Å². The van der Waals surface area contributed by atoms with Gasteiger partial charge in [0.05, 0.1) is 11.9 Å². The van der Waals surface area contributed by atoms with E-state index in [4.69, 9.17) is 4.74 Å². The van der Waals surface area contributed by atoms with Crippen LogP contribution in [-0.2, 0) is 9.53 Å². The Morgan fingerprint density at radius 1 is 1.21 bits per heavy atom. The molecule has 8 heteroatoms. The standard InChI is InChI=1S/C21H21FN4O2S/c22-16-7-4-6-15(12-16)20-24-25-21(26(20)17-8-2-1-3-9-17)29-14-19(27)23-13-18-10-5-11-28-18/h1-4,6-9,12,18H,5,10-11,13-14H2,(H,23,27). The van der Waals surface area contributed by atoms with Gasteiger partial charge in [-0.1, -0.05) is 42.1 Å². The smallest absolute Gasteiger partial charge is 0.230 e. The Hall–Kier alpha value is -2.71. The highest BCUT2D eigenvalue weighted by Crippen LogP contribution is 2.28. The third-order valence-corrected chi connectivity index (χ3v) is 5.54. The van der Waals surface area contributed by atoms with Crippen molar-refractivity contribution in [3.05, 3.63) is 60.4 Å². The van der Waals surface area contributed by atoms with Gasteiger partial charge < -0.3 is 10.1 Å². The number of benzene rings is 2. The highest BCUT2D eigenvalue weighted by molar-refractivity contribution is 7.99. The molecule has 4 rings (SSSR count). The summed E-state index contributed by atoms with van der Waals surface area (Å²) in [6, 6.07) is 15.8. The van der Waals surface area contributed by atoms with Crippen LogP contribution in [-0.4, -0.2) is 45.7 Å². The first-order chi connectivity index (χ1) is 14.2. The molecule has 1 saturated heterocycles. The lowest BCUT2D eigenvalue weighted by Crippen LogP contribution is -2.32. The molecule has 1 atom stereocenters. The maximum Gasteiger partial charge on any atom is 0.230 e. The van der Waals surface area contributed by atoms with Gasteiger partial charge in [0.1, 0.15) is 5.82 Å². The lowest BCUT2D eigenvalue weighted by Gasteiger charge is -2.12. The van der Waals surface area contributed by atoms with E-state index in [1.54, 1.807) is 12.1 Å².